The number of methoxy groups -OCH3 is 1. The minimum Gasteiger partial charge on any atom is -0.467 e. The SMILES string of the molecule is COCCN(CC(N)=O)CC(=O)N1N=C(c2ccc(Cl)cc2)CC1c1ccco1. The molecule has 2 aromatic rings. The highest BCUT2D eigenvalue weighted by Crippen LogP contribution is 2.33. The molecule has 0 saturated carbocycles. The average molecular weight is 419 g/mol. The van der Waals surface area contributed by atoms with Crippen molar-refractivity contribution in [1.29, 1.82) is 0 Å². The summed E-state index contributed by atoms with van der Waals surface area (Å²) in [6.07, 6.45) is 2.07. The Kier molecular flexibility index (Phi) is 7.03. The number of benzene rings is 1. The first-order valence-electron chi connectivity index (χ1n) is 9.16. The van der Waals surface area contributed by atoms with E-state index >= 15 is 0 Å². The first-order chi connectivity index (χ1) is 14.0. The summed E-state index contributed by atoms with van der Waals surface area (Å²) in [5, 5.41) is 6.61. The predicted molar refractivity (Wildman–Crippen MR) is 108 cm³/mol. The third-order valence-electron chi connectivity index (χ3n) is 4.56. The predicted octanol–water partition coefficient (Wildman–Crippen LogP) is 2.04. The summed E-state index contributed by atoms with van der Waals surface area (Å²) in [5.74, 6) is -0.125. The van der Waals surface area contributed by atoms with Gasteiger partial charge in [-0.3, -0.25) is 14.5 Å². The van der Waals surface area contributed by atoms with Crippen LogP contribution in [0.1, 0.15) is 23.8 Å². The molecule has 154 valence electrons. The molecule has 3 rings (SSSR count). The molecule has 0 spiro atoms. The Balaban J connectivity index is 1.82. The lowest BCUT2D eigenvalue weighted by molar-refractivity contribution is -0.135. The molecule has 1 atom stereocenters. The number of rotatable bonds is 9. The molecule has 1 aromatic heterocycles. The maximum Gasteiger partial charge on any atom is 0.257 e. The van der Waals surface area contributed by atoms with E-state index in [1.807, 2.05) is 18.2 Å². The fourth-order valence-electron chi connectivity index (χ4n) is 3.18. The smallest absolute Gasteiger partial charge is 0.257 e. The van der Waals surface area contributed by atoms with E-state index in [0.29, 0.717) is 30.4 Å². The molecule has 1 aliphatic heterocycles. The molecule has 1 unspecified atom stereocenters. The van der Waals surface area contributed by atoms with E-state index in [1.54, 1.807) is 36.5 Å². The quantitative estimate of drug-likeness (QED) is 0.671. The fraction of sp³-hybridized carbons (Fsp3) is 0.350. The van der Waals surface area contributed by atoms with E-state index in [2.05, 4.69) is 5.10 Å². The lowest BCUT2D eigenvalue weighted by Gasteiger charge is -2.24. The number of nitrogens with zero attached hydrogens (tertiary/aromatic N) is 3. The molecule has 0 aliphatic carbocycles. The molecule has 2 heterocycles. The Bertz CT molecular complexity index is 867. The van der Waals surface area contributed by atoms with E-state index in [-0.39, 0.29) is 25.0 Å². The number of primary amides is 1. The van der Waals surface area contributed by atoms with Gasteiger partial charge < -0.3 is 14.9 Å². The molecule has 0 fully saturated rings. The standard InChI is InChI=1S/C20H23ClN4O4/c1-28-10-8-24(12-19(22)26)13-20(27)25-17(18-3-2-9-29-18)11-16(23-25)14-4-6-15(21)7-5-14/h2-7,9,17H,8,10-13H2,1H3,(H2,22,26). The summed E-state index contributed by atoms with van der Waals surface area (Å²) in [5.41, 5.74) is 6.95. The minimum absolute atomic E-state index is 0.0130. The van der Waals surface area contributed by atoms with Gasteiger partial charge in [-0.15, -0.1) is 0 Å². The van der Waals surface area contributed by atoms with Crippen LogP contribution in [0.4, 0.5) is 0 Å². The van der Waals surface area contributed by atoms with Crippen LogP contribution >= 0.6 is 11.6 Å². The van der Waals surface area contributed by atoms with Crippen LogP contribution < -0.4 is 5.73 Å². The Morgan fingerprint density at radius 3 is 2.69 bits per heavy atom. The number of hydrogen-bond acceptors (Lipinski definition) is 6. The van der Waals surface area contributed by atoms with Gasteiger partial charge in [0.25, 0.3) is 5.91 Å². The number of carbonyl (C=O) groups is 2. The normalized spacial score (nSPS) is 16.3. The summed E-state index contributed by atoms with van der Waals surface area (Å²) >= 11 is 5.97. The lowest BCUT2D eigenvalue weighted by atomic mass is 10.0. The van der Waals surface area contributed by atoms with Crippen molar-refractivity contribution in [3.8, 4) is 0 Å². The Morgan fingerprint density at radius 1 is 1.31 bits per heavy atom. The molecule has 29 heavy (non-hydrogen) atoms. The zero-order chi connectivity index (χ0) is 20.8. The van der Waals surface area contributed by atoms with Gasteiger partial charge in [-0.05, 0) is 29.8 Å². The highest BCUT2D eigenvalue weighted by Gasteiger charge is 2.35. The summed E-state index contributed by atoms with van der Waals surface area (Å²) in [4.78, 5) is 26.1. The van der Waals surface area contributed by atoms with Crippen LogP contribution in [-0.2, 0) is 14.3 Å². The van der Waals surface area contributed by atoms with Gasteiger partial charge in [0.15, 0.2) is 0 Å². The topological polar surface area (TPSA) is 101 Å². The van der Waals surface area contributed by atoms with Crippen molar-refractivity contribution in [3.05, 3.63) is 59.0 Å². The van der Waals surface area contributed by atoms with Gasteiger partial charge in [-0.1, -0.05) is 23.7 Å². The number of halogens is 1. The summed E-state index contributed by atoms with van der Waals surface area (Å²) in [6.45, 7) is 0.725. The lowest BCUT2D eigenvalue weighted by Crippen LogP contribution is -2.43. The van der Waals surface area contributed by atoms with Crippen molar-refractivity contribution in [1.82, 2.24) is 9.91 Å². The van der Waals surface area contributed by atoms with Crippen LogP contribution in [0.25, 0.3) is 0 Å². The third kappa shape index (κ3) is 5.44. The molecule has 1 aliphatic rings. The fourth-order valence-corrected chi connectivity index (χ4v) is 3.30. The summed E-state index contributed by atoms with van der Waals surface area (Å²) in [7, 11) is 1.56. The van der Waals surface area contributed by atoms with Crippen LogP contribution in [0.5, 0.6) is 0 Å². The molecule has 2 amide bonds. The number of amides is 2. The largest absolute Gasteiger partial charge is 0.467 e. The zero-order valence-corrected chi connectivity index (χ0v) is 16.8. The molecular weight excluding hydrogens is 396 g/mol. The van der Waals surface area contributed by atoms with E-state index in [1.165, 1.54) is 5.01 Å². The molecule has 0 saturated heterocycles. The molecule has 9 heteroatoms. The molecule has 2 N–H and O–H groups in total. The van der Waals surface area contributed by atoms with Crippen molar-refractivity contribution in [2.75, 3.05) is 33.4 Å². The first kappa shape index (κ1) is 21.0. The van der Waals surface area contributed by atoms with Crippen molar-refractivity contribution in [2.45, 2.75) is 12.5 Å². The van der Waals surface area contributed by atoms with E-state index in [4.69, 9.17) is 26.5 Å². The second kappa shape index (κ2) is 9.69. The molecule has 0 radical (unpaired) electrons. The second-order valence-corrected chi connectivity index (χ2v) is 7.13. The van der Waals surface area contributed by atoms with Crippen LogP contribution in [0.2, 0.25) is 5.02 Å². The van der Waals surface area contributed by atoms with Crippen LogP contribution in [0.3, 0.4) is 0 Å². The molecule has 0 bridgehead atoms. The maximum atomic E-state index is 13.1. The van der Waals surface area contributed by atoms with Gasteiger partial charge in [-0.25, -0.2) is 5.01 Å². The highest BCUT2D eigenvalue weighted by molar-refractivity contribution is 6.30. The van der Waals surface area contributed by atoms with Gasteiger partial charge >= 0.3 is 0 Å². The number of nitrogens with two attached hydrogens (primary N) is 1. The van der Waals surface area contributed by atoms with Gasteiger partial charge in [0.05, 0.1) is 31.7 Å². The van der Waals surface area contributed by atoms with Crippen LogP contribution in [0.15, 0.2) is 52.2 Å². The van der Waals surface area contributed by atoms with Gasteiger partial charge in [0.2, 0.25) is 5.91 Å². The number of hydrazone groups is 1. The van der Waals surface area contributed by atoms with Crippen LogP contribution in [-0.4, -0.2) is 60.8 Å². The molecule has 8 nitrogen and oxygen atoms in total. The van der Waals surface area contributed by atoms with Crippen molar-refractivity contribution in [2.24, 2.45) is 10.8 Å². The number of ether oxygens (including phenoxy) is 1. The van der Waals surface area contributed by atoms with E-state index < -0.39 is 5.91 Å². The van der Waals surface area contributed by atoms with Gasteiger partial charge in [0.1, 0.15) is 11.8 Å². The van der Waals surface area contributed by atoms with Crippen molar-refractivity contribution < 1.29 is 18.7 Å². The molecule has 1 aromatic carbocycles. The van der Waals surface area contributed by atoms with Crippen LogP contribution in [0, 0.1) is 0 Å². The Hall–Kier alpha value is -2.68. The van der Waals surface area contributed by atoms with Gasteiger partial charge in [-0.2, -0.15) is 5.10 Å². The second-order valence-electron chi connectivity index (χ2n) is 6.70. The number of hydrogen-bond donors (Lipinski definition) is 1. The monoisotopic (exact) mass is 418 g/mol. The van der Waals surface area contributed by atoms with Crippen molar-refractivity contribution in [3.63, 3.8) is 0 Å². The number of furan rings is 1. The first-order valence-corrected chi connectivity index (χ1v) is 9.54. The van der Waals surface area contributed by atoms with Gasteiger partial charge in [0, 0.05) is 25.1 Å². The Morgan fingerprint density at radius 2 is 2.07 bits per heavy atom. The zero-order valence-electron chi connectivity index (χ0n) is 16.1. The maximum absolute atomic E-state index is 13.1. The third-order valence-corrected chi connectivity index (χ3v) is 4.82. The van der Waals surface area contributed by atoms with E-state index in [0.717, 1.165) is 11.3 Å². The summed E-state index contributed by atoms with van der Waals surface area (Å²) in [6, 6.07) is 10.5. The summed E-state index contributed by atoms with van der Waals surface area (Å²) < 4.78 is 10.6. The average Bonchev–Trinajstić information content (AvgIpc) is 3.35. The Labute approximate surface area is 173 Å². The van der Waals surface area contributed by atoms with Crippen molar-refractivity contribution >= 4 is 29.1 Å². The highest BCUT2D eigenvalue weighted by atomic mass is 35.5. The van der Waals surface area contributed by atoms with E-state index in [9.17, 15) is 9.59 Å². The molecular formula is C20H23ClN4O4. The minimum atomic E-state index is -0.511. The number of carbonyl (C=O) groups excluding carboxylic acids is 2.